The Morgan fingerprint density at radius 3 is 2.67 bits per heavy atom. The van der Waals surface area contributed by atoms with E-state index in [0.717, 1.165) is 0 Å². The number of oxazole rings is 1. The van der Waals surface area contributed by atoms with Crippen molar-refractivity contribution in [2.75, 3.05) is 18.4 Å². The molecule has 1 aromatic heterocycles. The van der Waals surface area contributed by atoms with Gasteiger partial charge in [-0.1, -0.05) is 12.1 Å². The Hall–Kier alpha value is -2.68. The first kappa shape index (κ1) is 20.6. The zero-order chi connectivity index (χ0) is 20.0. The summed E-state index contributed by atoms with van der Waals surface area (Å²) >= 11 is 0. The number of rotatable bonds is 9. The van der Waals surface area contributed by atoms with Crippen LogP contribution in [0.5, 0.6) is 5.75 Å². The van der Waals surface area contributed by atoms with Crippen LogP contribution in [0.3, 0.4) is 0 Å². The molecule has 2 aromatic rings. The van der Waals surface area contributed by atoms with Gasteiger partial charge in [0.1, 0.15) is 22.8 Å². The Morgan fingerprint density at radius 1 is 1.33 bits per heavy atom. The number of benzene rings is 1. The lowest BCUT2D eigenvalue weighted by Crippen LogP contribution is -2.26. The summed E-state index contributed by atoms with van der Waals surface area (Å²) in [5.74, 6) is -0.144. The lowest BCUT2D eigenvalue weighted by atomic mass is 10.0. The molecule has 27 heavy (non-hydrogen) atoms. The molecular formula is C18H23F2N3O4. The van der Waals surface area contributed by atoms with Gasteiger partial charge in [-0.25, -0.2) is 0 Å². The monoisotopic (exact) mass is 383 g/mol. The van der Waals surface area contributed by atoms with E-state index in [9.17, 15) is 18.7 Å². The standard InChI is InChI=1S/C18H23F2N3O4/c1-11-14(18(2,3)25)23-17(26-11)22-10-6-9-21-15(24)12-7-4-5-8-13(12)27-16(19)20/h4-5,7-8,16,25H,6,9-10H2,1-3H3,(H,21,24)(H,22,23). The Morgan fingerprint density at radius 2 is 2.04 bits per heavy atom. The van der Waals surface area contributed by atoms with Gasteiger partial charge in [-0.05, 0) is 39.3 Å². The van der Waals surface area contributed by atoms with Gasteiger partial charge in [0.25, 0.3) is 11.9 Å². The van der Waals surface area contributed by atoms with Crippen molar-refractivity contribution in [2.24, 2.45) is 0 Å². The number of halogens is 2. The number of hydrogen-bond acceptors (Lipinski definition) is 6. The summed E-state index contributed by atoms with van der Waals surface area (Å²) in [7, 11) is 0. The Bertz CT molecular complexity index is 772. The van der Waals surface area contributed by atoms with E-state index in [0.29, 0.717) is 31.0 Å². The molecule has 1 aromatic carbocycles. The minimum atomic E-state index is -3.00. The van der Waals surface area contributed by atoms with E-state index in [2.05, 4.69) is 20.4 Å². The quantitative estimate of drug-likeness (QED) is 0.576. The van der Waals surface area contributed by atoms with Crippen molar-refractivity contribution in [3.05, 3.63) is 41.3 Å². The zero-order valence-corrected chi connectivity index (χ0v) is 15.4. The van der Waals surface area contributed by atoms with Crippen LogP contribution in [0.2, 0.25) is 0 Å². The third kappa shape index (κ3) is 5.92. The lowest BCUT2D eigenvalue weighted by Gasteiger charge is -2.13. The second-order valence-corrected chi connectivity index (χ2v) is 6.39. The Balaban J connectivity index is 1.80. The zero-order valence-electron chi connectivity index (χ0n) is 15.4. The molecule has 1 amide bonds. The fourth-order valence-electron chi connectivity index (χ4n) is 2.47. The summed E-state index contributed by atoms with van der Waals surface area (Å²) < 4.78 is 34.6. The van der Waals surface area contributed by atoms with Gasteiger partial charge in [0.2, 0.25) is 0 Å². The van der Waals surface area contributed by atoms with Crippen LogP contribution < -0.4 is 15.4 Å². The van der Waals surface area contributed by atoms with Crippen molar-refractivity contribution in [3.8, 4) is 5.75 Å². The van der Waals surface area contributed by atoms with Crippen molar-refractivity contribution >= 4 is 11.9 Å². The molecule has 0 unspecified atom stereocenters. The fourth-order valence-corrected chi connectivity index (χ4v) is 2.47. The van der Waals surface area contributed by atoms with Gasteiger partial charge in [-0.15, -0.1) is 0 Å². The number of aliphatic hydroxyl groups is 1. The molecule has 2 rings (SSSR count). The van der Waals surface area contributed by atoms with Crippen molar-refractivity contribution < 1.29 is 27.8 Å². The molecule has 7 nitrogen and oxygen atoms in total. The predicted molar refractivity (Wildman–Crippen MR) is 95.0 cm³/mol. The third-order valence-corrected chi connectivity index (χ3v) is 3.64. The average molecular weight is 383 g/mol. The third-order valence-electron chi connectivity index (χ3n) is 3.64. The molecule has 0 spiro atoms. The topological polar surface area (TPSA) is 96.6 Å². The fraction of sp³-hybridized carbons (Fsp3) is 0.444. The normalized spacial score (nSPS) is 11.5. The summed E-state index contributed by atoms with van der Waals surface area (Å²) in [6.07, 6.45) is 0.545. The number of alkyl halides is 2. The van der Waals surface area contributed by atoms with E-state index in [-0.39, 0.29) is 17.3 Å². The molecule has 1 heterocycles. The number of aromatic nitrogens is 1. The van der Waals surface area contributed by atoms with Gasteiger partial charge < -0.3 is 24.9 Å². The second-order valence-electron chi connectivity index (χ2n) is 6.39. The number of carbonyl (C=O) groups is 1. The first-order valence-electron chi connectivity index (χ1n) is 8.44. The highest BCUT2D eigenvalue weighted by molar-refractivity contribution is 5.96. The van der Waals surface area contributed by atoms with Crippen LogP contribution in [-0.4, -0.2) is 35.7 Å². The molecule has 0 atom stereocenters. The number of aryl methyl sites for hydroxylation is 1. The van der Waals surface area contributed by atoms with E-state index >= 15 is 0 Å². The Labute approximate surface area is 155 Å². The number of carbonyl (C=O) groups excluding carboxylic acids is 1. The van der Waals surface area contributed by atoms with Crippen molar-refractivity contribution in [3.63, 3.8) is 0 Å². The summed E-state index contributed by atoms with van der Waals surface area (Å²) in [4.78, 5) is 16.3. The van der Waals surface area contributed by atoms with E-state index in [4.69, 9.17) is 4.42 Å². The Kier molecular flexibility index (Phi) is 6.73. The van der Waals surface area contributed by atoms with Crippen LogP contribution in [-0.2, 0) is 5.60 Å². The molecule has 0 fully saturated rings. The molecule has 0 saturated heterocycles. The van der Waals surface area contributed by atoms with E-state index in [1.54, 1.807) is 26.8 Å². The largest absolute Gasteiger partial charge is 0.434 e. The van der Waals surface area contributed by atoms with Crippen LogP contribution >= 0.6 is 0 Å². The van der Waals surface area contributed by atoms with Crippen molar-refractivity contribution in [1.82, 2.24) is 10.3 Å². The van der Waals surface area contributed by atoms with Gasteiger partial charge in [-0.2, -0.15) is 13.8 Å². The summed E-state index contributed by atoms with van der Waals surface area (Å²) in [6.45, 7) is 2.72. The number of nitrogens with zero attached hydrogens (tertiary/aromatic N) is 1. The maximum Gasteiger partial charge on any atom is 0.387 e. The molecule has 0 radical (unpaired) electrons. The molecule has 148 valence electrons. The van der Waals surface area contributed by atoms with E-state index in [1.165, 1.54) is 18.2 Å². The first-order valence-corrected chi connectivity index (χ1v) is 8.44. The highest BCUT2D eigenvalue weighted by Crippen LogP contribution is 2.25. The number of ether oxygens (including phenoxy) is 1. The van der Waals surface area contributed by atoms with E-state index in [1.807, 2.05) is 0 Å². The van der Waals surface area contributed by atoms with Gasteiger partial charge in [0.05, 0.1) is 5.56 Å². The summed E-state index contributed by atoms with van der Waals surface area (Å²) in [5, 5.41) is 15.6. The lowest BCUT2D eigenvalue weighted by molar-refractivity contribution is -0.0501. The van der Waals surface area contributed by atoms with Gasteiger partial charge in [0.15, 0.2) is 0 Å². The average Bonchev–Trinajstić information content (AvgIpc) is 2.95. The maximum absolute atomic E-state index is 12.4. The first-order chi connectivity index (χ1) is 12.7. The molecule has 0 saturated carbocycles. The minimum absolute atomic E-state index is 0.0453. The number of hydrogen-bond donors (Lipinski definition) is 3. The maximum atomic E-state index is 12.4. The van der Waals surface area contributed by atoms with Crippen LogP contribution in [0.4, 0.5) is 14.8 Å². The second kappa shape index (κ2) is 8.81. The smallest absolute Gasteiger partial charge is 0.387 e. The van der Waals surface area contributed by atoms with Crippen LogP contribution in [0.25, 0.3) is 0 Å². The number of anilines is 1. The molecule has 0 aliphatic carbocycles. The van der Waals surface area contributed by atoms with Crippen molar-refractivity contribution in [2.45, 2.75) is 39.4 Å². The minimum Gasteiger partial charge on any atom is -0.434 e. The van der Waals surface area contributed by atoms with Crippen LogP contribution in [0.15, 0.2) is 28.7 Å². The summed E-state index contributed by atoms with van der Waals surface area (Å²) in [6, 6.07) is 6.09. The van der Waals surface area contributed by atoms with Crippen LogP contribution in [0, 0.1) is 6.92 Å². The van der Waals surface area contributed by atoms with Gasteiger partial charge in [-0.3, -0.25) is 4.79 Å². The van der Waals surface area contributed by atoms with Crippen molar-refractivity contribution in [1.29, 1.82) is 0 Å². The molecule has 0 aliphatic rings. The number of amides is 1. The molecular weight excluding hydrogens is 360 g/mol. The highest BCUT2D eigenvalue weighted by Gasteiger charge is 2.24. The number of nitrogens with one attached hydrogen (secondary N) is 2. The number of para-hydroxylation sites is 1. The molecule has 9 heteroatoms. The summed E-state index contributed by atoms with van der Waals surface area (Å²) in [5.41, 5.74) is -0.604. The van der Waals surface area contributed by atoms with Gasteiger partial charge >= 0.3 is 6.61 Å². The van der Waals surface area contributed by atoms with Gasteiger partial charge in [0, 0.05) is 13.1 Å². The van der Waals surface area contributed by atoms with Crippen LogP contribution in [0.1, 0.15) is 42.1 Å². The molecule has 3 N–H and O–H groups in total. The highest BCUT2D eigenvalue weighted by atomic mass is 19.3. The molecule has 0 bridgehead atoms. The SMILES string of the molecule is Cc1oc(NCCCNC(=O)c2ccccc2OC(F)F)nc1C(C)(C)O. The molecule has 0 aliphatic heterocycles. The van der Waals surface area contributed by atoms with E-state index < -0.39 is 18.1 Å². The predicted octanol–water partition coefficient (Wildman–Crippen LogP) is 3.04.